The molecule has 1 rings (SSSR count). The van der Waals surface area contributed by atoms with Crippen molar-refractivity contribution in [1.29, 1.82) is 0 Å². The van der Waals surface area contributed by atoms with Crippen LogP contribution in [0.1, 0.15) is 96.8 Å². The number of hydrogen-bond acceptors (Lipinski definition) is 1. The monoisotopic (exact) mass is 282 g/mol. The van der Waals surface area contributed by atoms with Crippen LogP contribution in [0.25, 0.3) is 0 Å². The van der Waals surface area contributed by atoms with Crippen molar-refractivity contribution in [2.45, 2.75) is 96.8 Å². The van der Waals surface area contributed by atoms with Crippen molar-refractivity contribution in [3.63, 3.8) is 0 Å². The van der Waals surface area contributed by atoms with Gasteiger partial charge in [0.1, 0.15) is 0 Å². The summed E-state index contributed by atoms with van der Waals surface area (Å²) in [5.74, 6) is 1.27. The first-order valence-electron chi connectivity index (χ1n) is 8.95. The summed E-state index contributed by atoms with van der Waals surface area (Å²) in [5.41, 5.74) is 0. The highest BCUT2D eigenvalue weighted by atomic mass is 16.4. The highest BCUT2D eigenvalue weighted by Gasteiger charge is 2.23. The second kappa shape index (κ2) is 11.2. The van der Waals surface area contributed by atoms with E-state index >= 15 is 0 Å². The van der Waals surface area contributed by atoms with Crippen LogP contribution in [0.2, 0.25) is 0 Å². The predicted octanol–water partition coefficient (Wildman–Crippen LogP) is 5.80. The van der Waals surface area contributed by atoms with Gasteiger partial charge in [0.25, 0.3) is 0 Å². The Morgan fingerprint density at radius 2 is 1.45 bits per heavy atom. The van der Waals surface area contributed by atoms with Crippen molar-refractivity contribution in [1.82, 2.24) is 0 Å². The lowest BCUT2D eigenvalue weighted by atomic mass is 9.74. The number of aliphatic carboxylic acids is 1. The molecule has 0 radical (unpaired) electrons. The number of carbonyl (C=O) groups is 1. The first kappa shape index (κ1) is 17.5. The van der Waals surface area contributed by atoms with Gasteiger partial charge in [0, 0.05) is 6.42 Å². The number of rotatable bonds is 11. The van der Waals surface area contributed by atoms with E-state index in [1.165, 1.54) is 70.6 Å². The van der Waals surface area contributed by atoms with Crippen molar-refractivity contribution in [3.8, 4) is 0 Å². The van der Waals surface area contributed by atoms with Crippen molar-refractivity contribution in [2.75, 3.05) is 0 Å². The van der Waals surface area contributed by atoms with Crippen molar-refractivity contribution >= 4 is 5.97 Å². The maximum atomic E-state index is 10.5. The van der Waals surface area contributed by atoms with E-state index in [-0.39, 0.29) is 0 Å². The average molecular weight is 282 g/mol. The lowest BCUT2D eigenvalue weighted by Gasteiger charge is -2.32. The average Bonchev–Trinajstić information content (AvgIpc) is 2.44. The van der Waals surface area contributed by atoms with Gasteiger partial charge in [-0.3, -0.25) is 4.79 Å². The molecular weight excluding hydrogens is 248 g/mol. The second-order valence-electron chi connectivity index (χ2n) is 6.65. The summed E-state index contributed by atoms with van der Waals surface area (Å²) in [6, 6.07) is 0. The highest BCUT2D eigenvalue weighted by molar-refractivity contribution is 5.66. The molecule has 0 spiro atoms. The largest absolute Gasteiger partial charge is 0.481 e. The molecule has 2 atom stereocenters. The van der Waals surface area contributed by atoms with Crippen LogP contribution in [-0.2, 0) is 4.79 Å². The van der Waals surface area contributed by atoms with Gasteiger partial charge >= 0.3 is 5.97 Å². The van der Waals surface area contributed by atoms with E-state index in [4.69, 9.17) is 5.11 Å². The first-order valence-corrected chi connectivity index (χ1v) is 8.95. The third-order valence-corrected chi connectivity index (χ3v) is 4.96. The van der Waals surface area contributed by atoms with Gasteiger partial charge in [-0.2, -0.15) is 0 Å². The molecule has 20 heavy (non-hydrogen) atoms. The minimum absolute atomic E-state index is 0.352. The van der Waals surface area contributed by atoms with Gasteiger partial charge < -0.3 is 5.11 Å². The molecule has 2 heteroatoms. The van der Waals surface area contributed by atoms with Crippen LogP contribution in [0.3, 0.4) is 0 Å². The van der Waals surface area contributed by atoms with E-state index in [2.05, 4.69) is 6.92 Å². The molecule has 0 amide bonds. The molecule has 118 valence electrons. The molecule has 0 heterocycles. The zero-order valence-electron chi connectivity index (χ0n) is 13.4. The molecule has 0 aromatic rings. The first-order chi connectivity index (χ1) is 9.74. The molecule has 1 saturated carbocycles. The van der Waals surface area contributed by atoms with Crippen molar-refractivity contribution in [3.05, 3.63) is 0 Å². The van der Waals surface area contributed by atoms with Gasteiger partial charge in [0.05, 0.1) is 0 Å². The molecule has 0 bridgehead atoms. The summed E-state index contributed by atoms with van der Waals surface area (Å²) < 4.78 is 0. The molecular formula is C18H34O2. The minimum atomic E-state index is -0.642. The Balaban J connectivity index is 2.13. The van der Waals surface area contributed by atoms with E-state index in [1.54, 1.807) is 0 Å². The van der Waals surface area contributed by atoms with Crippen molar-refractivity contribution in [2.24, 2.45) is 11.8 Å². The summed E-state index contributed by atoms with van der Waals surface area (Å²) in [5, 5.41) is 8.64. The van der Waals surface area contributed by atoms with Crippen molar-refractivity contribution < 1.29 is 9.90 Å². The zero-order valence-corrected chi connectivity index (χ0v) is 13.4. The topological polar surface area (TPSA) is 37.3 Å². The van der Waals surface area contributed by atoms with Crippen LogP contribution < -0.4 is 0 Å². The molecule has 0 aromatic carbocycles. The maximum absolute atomic E-state index is 10.5. The molecule has 2 unspecified atom stereocenters. The third kappa shape index (κ3) is 7.91. The fourth-order valence-corrected chi connectivity index (χ4v) is 3.74. The lowest BCUT2D eigenvalue weighted by molar-refractivity contribution is -0.137. The Morgan fingerprint density at radius 3 is 1.95 bits per heavy atom. The number of hydrogen-bond donors (Lipinski definition) is 1. The van der Waals surface area contributed by atoms with Gasteiger partial charge in [0.15, 0.2) is 0 Å². The zero-order chi connectivity index (χ0) is 14.6. The molecule has 0 saturated heterocycles. The number of carboxylic acid groups (broad SMARTS) is 1. The SMILES string of the molecule is CCCCCCC1CCCCC1CCCCCC(=O)O. The van der Waals surface area contributed by atoms with E-state index < -0.39 is 5.97 Å². The molecule has 1 fully saturated rings. The van der Waals surface area contributed by atoms with E-state index in [0.29, 0.717) is 6.42 Å². The van der Waals surface area contributed by atoms with Crippen LogP contribution in [0.15, 0.2) is 0 Å². The summed E-state index contributed by atoms with van der Waals surface area (Å²) in [6.45, 7) is 2.28. The Morgan fingerprint density at radius 1 is 0.900 bits per heavy atom. The van der Waals surface area contributed by atoms with Gasteiger partial charge in [-0.25, -0.2) is 0 Å². The van der Waals surface area contributed by atoms with Gasteiger partial charge in [-0.15, -0.1) is 0 Å². The summed E-state index contributed by atoms with van der Waals surface area (Å²) in [6.07, 6.45) is 17.7. The second-order valence-corrected chi connectivity index (χ2v) is 6.65. The lowest BCUT2D eigenvalue weighted by Crippen LogP contribution is -2.19. The van der Waals surface area contributed by atoms with Crippen LogP contribution in [0.4, 0.5) is 0 Å². The van der Waals surface area contributed by atoms with Gasteiger partial charge in [-0.1, -0.05) is 84.0 Å². The molecule has 1 aliphatic rings. The van der Waals surface area contributed by atoms with E-state index in [1.807, 2.05) is 0 Å². The Labute approximate surface area is 125 Å². The minimum Gasteiger partial charge on any atom is -0.481 e. The highest BCUT2D eigenvalue weighted by Crippen LogP contribution is 2.36. The Bertz CT molecular complexity index is 250. The van der Waals surface area contributed by atoms with Crippen LogP contribution in [-0.4, -0.2) is 11.1 Å². The standard InChI is InChI=1S/C18H34O2/c1-2-3-4-6-11-16-13-9-10-14-17(16)12-7-5-8-15-18(19)20/h16-17H,2-15H2,1H3,(H,19,20). The summed E-state index contributed by atoms with van der Waals surface area (Å²) in [7, 11) is 0. The van der Waals surface area contributed by atoms with Gasteiger partial charge in [0.2, 0.25) is 0 Å². The fraction of sp³-hybridized carbons (Fsp3) is 0.944. The van der Waals surface area contributed by atoms with Crippen LogP contribution in [0.5, 0.6) is 0 Å². The fourth-order valence-electron chi connectivity index (χ4n) is 3.74. The molecule has 2 nitrogen and oxygen atoms in total. The molecule has 0 aromatic heterocycles. The third-order valence-electron chi connectivity index (χ3n) is 4.96. The van der Waals surface area contributed by atoms with Gasteiger partial charge in [-0.05, 0) is 18.3 Å². The molecule has 0 aliphatic heterocycles. The smallest absolute Gasteiger partial charge is 0.303 e. The number of unbranched alkanes of at least 4 members (excludes halogenated alkanes) is 5. The predicted molar refractivity (Wildman–Crippen MR) is 84.9 cm³/mol. The summed E-state index contributed by atoms with van der Waals surface area (Å²) >= 11 is 0. The molecule has 1 aliphatic carbocycles. The Hall–Kier alpha value is -0.530. The van der Waals surface area contributed by atoms with E-state index in [9.17, 15) is 4.79 Å². The summed E-state index contributed by atoms with van der Waals surface area (Å²) in [4.78, 5) is 10.5. The Kier molecular flexibility index (Phi) is 9.78. The van der Waals surface area contributed by atoms with E-state index in [0.717, 1.165) is 24.7 Å². The molecule has 1 N–H and O–H groups in total. The quantitative estimate of drug-likeness (QED) is 0.486. The normalized spacial score (nSPS) is 22.9. The number of carboxylic acids is 1. The van der Waals surface area contributed by atoms with Crippen LogP contribution in [0, 0.1) is 11.8 Å². The van der Waals surface area contributed by atoms with Crippen LogP contribution >= 0.6 is 0 Å². The maximum Gasteiger partial charge on any atom is 0.303 e.